The maximum atomic E-state index is 12.9. The Bertz CT molecular complexity index is 953. The van der Waals surface area contributed by atoms with Gasteiger partial charge in [-0.2, -0.15) is 0 Å². The second kappa shape index (κ2) is 11.3. The molecule has 0 bridgehead atoms. The lowest BCUT2D eigenvalue weighted by Crippen LogP contribution is -2.45. The maximum Gasteiger partial charge on any atom is 0.326 e. The first-order valence-corrected chi connectivity index (χ1v) is 10.4. The fourth-order valence-electron chi connectivity index (χ4n) is 2.75. The molecule has 0 spiro atoms. The molecule has 31 heavy (non-hydrogen) atoms. The van der Waals surface area contributed by atoms with Crippen LogP contribution in [0.5, 0.6) is 5.75 Å². The van der Waals surface area contributed by atoms with Crippen LogP contribution in [-0.4, -0.2) is 36.0 Å². The third kappa shape index (κ3) is 7.57. The minimum Gasteiger partial charge on any atom is -0.497 e. The van der Waals surface area contributed by atoms with Gasteiger partial charge in [-0.05, 0) is 60.4 Å². The van der Waals surface area contributed by atoms with E-state index in [1.54, 1.807) is 48.5 Å². The molecule has 0 aliphatic heterocycles. The van der Waals surface area contributed by atoms with E-state index in [0.29, 0.717) is 16.9 Å². The van der Waals surface area contributed by atoms with E-state index in [4.69, 9.17) is 4.74 Å². The number of carbonyl (C=O) groups is 3. The zero-order valence-corrected chi connectivity index (χ0v) is 19.1. The molecule has 0 radical (unpaired) electrons. The van der Waals surface area contributed by atoms with Crippen molar-refractivity contribution in [2.24, 2.45) is 5.92 Å². The van der Waals surface area contributed by atoms with Gasteiger partial charge in [-0.3, -0.25) is 9.59 Å². The van der Waals surface area contributed by atoms with Crippen LogP contribution in [0.1, 0.15) is 36.2 Å². The Morgan fingerprint density at radius 1 is 1.06 bits per heavy atom. The maximum absolute atomic E-state index is 12.9. The highest BCUT2D eigenvalue weighted by Crippen LogP contribution is 2.15. The molecule has 0 heterocycles. The van der Waals surface area contributed by atoms with Crippen LogP contribution in [0.15, 0.2) is 58.7 Å². The summed E-state index contributed by atoms with van der Waals surface area (Å²) in [5.41, 5.74) is 0.935. The number of nitrogens with one attached hydrogen (secondary N) is 2. The number of carboxylic acids is 1. The number of ether oxygens (including phenoxy) is 1. The average molecular weight is 489 g/mol. The quantitative estimate of drug-likeness (QED) is 0.465. The predicted molar refractivity (Wildman–Crippen MR) is 122 cm³/mol. The highest BCUT2D eigenvalue weighted by Gasteiger charge is 2.24. The Morgan fingerprint density at radius 2 is 1.68 bits per heavy atom. The molecule has 7 nitrogen and oxygen atoms in total. The summed E-state index contributed by atoms with van der Waals surface area (Å²) in [6.45, 7) is 3.73. The molecular formula is C23H25BrN2O5. The number of methoxy groups -OCH3 is 1. The van der Waals surface area contributed by atoms with E-state index < -0.39 is 23.8 Å². The molecule has 0 aromatic heterocycles. The van der Waals surface area contributed by atoms with Gasteiger partial charge in [0.25, 0.3) is 11.8 Å². The Hall–Kier alpha value is -3.13. The molecule has 0 aliphatic carbocycles. The number of carbonyl (C=O) groups excluding carboxylic acids is 2. The first-order chi connectivity index (χ1) is 14.7. The molecule has 8 heteroatoms. The van der Waals surface area contributed by atoms with E-state index in [9.17, 15) is 19.5 Å². The van der Waals surface area contributed by atoms with Crippen LogP contribution in [0.25, 0.3) is 6.08 Å². The fraction of sp³-hybridized carbons (Fsp3) is 0.261. The highest BCUT2D eigenvalue weighted by atomic mass is 79.9. The normalized spacial score (nSPS) is 12.2. The van der Waals surface area contributed by atoms with Crippen LogP contribution in [0.3, 0.4) is 0 Å². The van der Waals surface area contributed by atoms with Crippen molar-refractivity contribution in [1.82, 2.24) is 10.6 Å². The summed E-state index contributed by atoms with van der Waals surface area (Å²) < 4.78 is 5.95. The minimum absolute atomic E-state index is 0.0573. The summed E-state index contributed by atoms with van der Waals surface area (Å²) in [4.78, 5) is 37.2. The SMILES string of the molecule is COc1ccc(C(=O)NC(=Cc2ccc(Br)cc2)C(=O)NC(CC(C)C)C(=O)O)cc1. The molecule has 2 amide bonds. The minimum atomic E-state index is -1.13. The Balaban J connectivity index is 2.30. The molecule has 2 rings (SSSR count). The first kappa shape index (κ1) is 24.1. The molecule has 1 atom stereocenters. The number of halogens is 1. The van der Waals surface area contributed by atoms with Gasteiger partial charge in [0.15, 0.2) is 0 Å². The summed E-state index contributed by atoms with van der Waals surface area (Å²) in [5.74, 6) is -1.66. The summed E-state index contributed by atoms with van der Waals surface area (Å²) in [6, 6.07) is 12.5. The number of aliphatic carboxylic acids is 1. The predicted octanol–water partition coefficient (Wildman–Crippen LogP) is 3.84. The lowest BCUT2D eigenvalue weighted by molar-refractivity contribution is -0.141. The molecule has 164 valence electrons. The molecular weight excluding hydrogens is 464 g/mol. The summed E-state index contributed by atoms with van der Waals surface area (Å²) in [5, 5.41) is 14.5. The van der Waals surface area contributed by atoms with Gasteiger partial charge >= 0.3 is 5.97 Å². The van der Waals surface area contributed by atoms with E-state index >= 15 is 0 Å². The number of rotatable bonds is 9. The number of carboxylic acid groups (broad SMARTS) is 1. The third-order valence-corrected chi connectivity index (χ3v) is 4.87. The monoisotopic (exact) mass is 488 g/mol. The molecule has 1 unspecified atom stereocenters. The van der Waals surface area contributed by atoms with Gasteiger partial charge in [-0.1, -0.05) is 41.9 Å². The lowest BCUT2D eigenvalue weighted by atomic mass is 10.0. The van der Waals surface area contributed by atoms with Crippen molar-refractivity contribution in [3.63, 3.8) is 0 Å². The van der Waals surface area contributed by atoms with Crippen molar-refractivity contribution in [2.45, 2.75) is 26.3 Å². The van der Waals surface area contributed by atoms with Crippen LogP contribution >= 0.6 is 15.9 Å². The third-order valence-electron chi connectivity index (χ3n) is 4.34. The molecule has 2 aromatic rings. The van der Waals surface area contributed by atoms with Crippen LogP contribution in [0, 0.1) is 5.92 Å². The highest BCUT2D eigenvalue weighted by molar-refractivity contribution is 9.10. The molecule has 0 saturated heterocycles. The number of hydrogen-bond acceptors (Lipinski definition) is 4. The average Bonchev–Trinajstić information content (AvgIpc) is 2.73. The fourth-order valence-corrected chi connectivity index (χ4v) is 3.01. The molecule has 3 N–H and O–H groups in total. The second-order valence-corrected chi connectivity index (χ2v) is 8.20. The zero-order valence-electron chi connectivity index (χ0n) is 17.5. The van der Waals surface area contributed by atoms with Crippen molar-refractivity contribution in [3.8, 4) is 5.75 Å². The molecule has 0 aliphatic rings. The van der Waals surface area contributed by atoms with E-state index in [1.165, 1.54) is 13.2 Å². The van der Waals surface area contributed by atoms with Crippen LogP contribution in [-0.2, 0) is 9.59 Å². The van der Waals surface area contributed by atoms with Gasteiger partial charge in [0, 0.05) is 10.0 Å². The van der Waals surface area contributed by atoms with E-state index in [1.807, 2.05) is 13.8 Å². The number of amides is 2. The first-order valence-electron chi connectivity index (χ1n) is 9.66. The summed E-state index contributed by atoms with van der Waals surface area (Å²) >= 11 is 3.35. The lowest BCUT2D eigenvalue weighted by Gasteiger charge is -2.18. The van der Waals surface area contributed by atoms with Gasteiger partial charge in [0.05, 0.1) is 7.11 Å². The van der Waals surface area contributed by atoms with E-state index in [2.05, 4.69) is 26.6 Å². The van der Waals surface area contributed by atoms with E-state index in [-0.39, 0.29) is 18.0 Å². The number of benzene rings is 2. The smallest absolute Gasteiger partial charge is 0.326 e. The summed E-state index contributed by atoms with van der Waals surface area (Å²) in [6.07, 6.45) is 1.76. The van der Waals surface area contributed by atoms with Crippen LogP contribution in [0.2, 0.25) is 0 Å². The Morgan fingerprint density at radius 3 is 2.19 bits per heavy atom. The molecule has 2 aromatic carbocycles. The Kier molecular flexibility index (Phi) is 8.81. The molecule has 0 fully saturated rings. The van der Waals surface area contributed by atoms with Crippen molar-refractivity contribution < 1.29 is 24.2 Å². The van der Waals surface area contributed by atoms with Crippen molar-refractivity contribution in [2.75, 3.05) is 7.11 Å². The van der Waals surface area contributed by atoms with Gasteiger partial charge in [0.1, 0.15) is 17.5 Å². The topological polar surface area (TPSA) is 105 Å². The van der Waals surface area contributed by atoms with Gasteiger partial charge in [0.2, 0.25) is 0 Å². The largest absolute Gasteiger partial charge is 0.497 e. The number of hydrogen-bond donors (Lipinski definition) is 3. The van der Waals surface area contributed by atoms with Crippen LogP contribution < -0.4 is 15.4 Å². The molecule has 0 saturated carbocycles. The summed E-state index contributed by atoms with van der Waals surface area (Å²) in [7, 11) is 1.52. The van der Waals surface area contributed by atoms with Crippen molar-refractivity contribution >= 4 is 39.8 Å². The van der Waals surface area contributed by atoms with Crippen LogP contribution in [0.4, 0.5) is 0 Å². The Labute approximate surface area is 189 Å². The van der Waals surface area contributed by atoms with Crippen molar-refractivity contribution in [3.05, 3.63) is 69.8 Å². The van der Waals surface area contributed by atoms with Gasteiger partial charge in [-0.25, -0.2) is 4.79 Å². The second-order valence-electron chi connectivity index (χ2n) is 7.29. The van der Waals surface area contributed by atoms with E-state index in [0.717, 1.165) is 4.47 Å². The van der Waals surface area contributed by atoms with Gasteiger partial charge < -0.3 is 20.5 Å². The van der Waals surface area contributed by atoms with Crippen molar-refractivity contribution in [1.29, 1.82) is 0 Å². The van der Waals surface area contributed by atoms with Gasteiger partial charge in [-0.15, -0.1) is 0 Å². The standard InChI is InChI=1S/C23H25BrN2O5/c1-14(2)12-20(23(29)30)26-22(28)19(13-15-4-8-17(24)9-5-15)25-21(27)16-6-10-18(31-3)11-7-16/h4-11,13-14,20H,12H2,1-3H3,(H,25,27)(H,26,28)(H,29,30). The zero-order chi connectivity index (χ0) is 23.0.